The molecule has 0 atom stereocenters. The fourth-order valence-electron chi connectivity index (χ4n) is 1.67. The summed E-state index contributed by atoms with van der Waals surface area (Å²) in [6, 6.07) is 6.19. The van der Waals surface area contributed by atoms with Crippen LogP contribution in [-0.4, -0.2) is 14.8 Å². The summed E-state index contributed by atoms with van der Waals surface area (Å²) >= 11 is 3.36. The van der Waals surface area contributed by atoms with Gasteiger partial charge in [-0.05, 0) is 40.6 Å². The van der Waals surface area contributed by atoms with Gasteiger partial charge >= 0.3 is 5.69 Å². The number of thiophene rings is 2. The van der Waals surface area contributed by atoms with Crippen molar-refractivity contribution in [3.8, 4) is 0 Å². The quantitative estimate of drug-likeness (QED) is 0.803. The van der Waals surface area contributed by atoms with Crippen molar-refractivity contribution in [3.63, 3.8) is 0 Å². The molecule has 1 N–H and O–H groups in total. The van der Waals surface area contributed by atoms with E-state index in [1.54, 1.807) is 27.2 Å². The van der Waals surface area contributed by atoms with Gasteiger partial charge in [-0.1, -0.05) is 6.08 Å². The molecule has 96 valence electrons. The Bertz CT molecular complexity index is 734. The van der Waals surface area contributed by atoms with E-state index in [1.807, 2.05) is 6.07 Å². The van der Waals surface area contributed by atoms with E-state index in [2.05, 4.69) is 45.2 Å². The fraction of sp³-hybridized carbons (Fsp3) is 0.0769. The Labute approximate surface area is 117 Å². The topological polar surface area (TPSA) is 50.7 Å². The van der Waals surface area contributed by atoms with Gasteiger partial charge < -0.3 is 0 Å². The second-order valence-electron chi connectivity index (χ2n) is 3.98. The third-order valence-corrected chi connectivity index (χ3v) is 4.35. The van der Waals surface area contributed by atoms with Crippen LogP contribution in [0.3, 0.4) is 0 Å². The highest BCUT2D eigenvalue weighted by molar-refractivity contribution is 7.12. The molecule has 0 aliphatic rings. The van der Waals surface area contributed by atoms with Crippen molar-refractivity contribution in [2.75, 3.05) is 0 Å². The van der Waals surface area contributed by atoms with Crippen molar-refractivity contribution in [1.82, 2.24) is 14.8 Å². The summed E-state index contributed by atoms with van der Waals surface area (Å²) in [6.07, 6.45) is 5.70. The first-order chi connectivity index (χ1) is 9.31. The maximum Gasteiger partial charge on any atom is 0.343 e. The lowest BCUT2D eigenvalue weighted by molar-refractivity contribution is 0.772. The van der Waals surface area contributed by atoms with Crippen molar-refractivity contribution >= 4 is 34.8 Å². The average molecular weight is 289 g/mol. The zero-order chi connectivity index (χ0) is 13.1. The standard InChI is InChI=1S/C13H11N3OS2/c17-13-15-14-9-16(13)7-12-4-3-11(19-12)2-1-10-5-6-18-8-10/h1-6,8-9H,7H2,(H,15,17)/b2-1+. The van der Waals surface area contributed by atoms with E-state index in [4.69, 9.17) is 0 Å². The molecule has 4 nitrogen and oxygen atoms in total. The Kier molecular flexibility index (Phi) is 3.43. The Balaban J connectivity index is 1.73. The number of hydrogen-bond acceptors (Lipinski definition) is 4. The van der Waals surface area contributed by atoms with Gasteiger partial charge in [0.1, 0.15) is 6.33 Å². The number of aromatic amines is 1. The van der Waals surface area contributed by atoms with Gasteiger partial charge in [-0.25, -0.2) is 9.89 Å². The summed E-state index contributed by atoms with van der Waals surface area (Å²) in [5.74, 6) is 0. The molecule has 3 aromatic heterocycles. The van der Waals surface area contributed by atoms with Gasteiger partial charge in [0.2, 0.25) is 0 Å². The molecular weight excluding hydrogens is 278 g/mol. The molecule has 0 saturated carbocycles. The Hall–Kier alpha value is -1.92. The van der Waals surface area contributed by atoms with Crippen molar-refractivity contribution in [3.05, 3.63) is 61.1 Å². The van der Waals surface area contributed by atoms with E-state index in [9.17, 15) is 4.79 Å². The summed E-state index contributed by atoms with van der Waals surface area (Å²) < 4.78 is 1.55. The second-order valence-corrected chi connectivity index (χ2v) is 5.96. The van der Waals surface area contributed by atoms with Crippen LogP contribution in [0.25, 0.3) is 12.2 Å². The summed E-state index contributed by atoms with van der Waals surface area (Å²) in [5.41, 5.74) is 1.04. The van der Waals surface area contributed by atoms with Crippen LogP contribution in [0.4, 0.5) is 0 Å². The van der Waals surface area contributed by atoms with E-state index in [1.165, 1.54) is 16.8 Å². The molecule has 0 spiro atoms. The first-order valence-corrected chi connectivity index (χ1v) is 7.46. The molecule has 0 saturated heterocycles. The second kappa shape index (κ2) is 5.38. The minimum Gasteiger partial charge on any atom is -0.276 e. The van der Waals surface area contributed by atoms with E-state index in [-0.39, 0.29) is 5.69 Å². The third kappa shape index (κ3) is 2.91. The van der Waals surface area contributed by atoms with Crippen molar-refractivity contribution in [2.24, 2.45) is 0 Å². The van der Waals surface area contributed by atoms with Crippen LogP contribution in [0.1, 0.15) is 15.3 Å². The number of nitrogens with zero attached hydrogens (tertiary/aromatic N) is 2. The van der Waals surface area contributed by atoms with Gasteiger partial charge in [-0.2, -0.15) is 16.4 Å². The Morgan fingerprint density at radius 3 is 3.00 bits per heavy atom. The van der Waals surface area contributed by atoms with E-state index < -0.39 is 0 Å². The summed E-state index contributed by atoms with van der Waals surface area (Å²) in [7, 11) is 0. The SMILES string of the molecule is O=c1[nH]ncn1Cc1ccc(/C=C/c2ccsc2)s1. The molecule has 19 heavy (non-hydrogen) atoms. The molecule has 0 radical (unpaired) electrons. The Morgan fingerprint density at radius 1 is 1.32 bits per heavy atom. The molecule has 0 aliphatic heterocycles. The minimum atomic E-state index is -0.177. The van der Waals surface area contributed by atoms with Crippen molar-refractivity contribution < 1.29 is 0 Å². The molecule has 0 unspecified atom stereocenters. The summed E-state index contributed by atoms with van der Waals surface area (Å²) in [4.78, 5) is 13.7. The maximum absolute atomic E-state index is 11.3. The Morgan fingerprint density at radius 2 is 2.26 bits per heavy atom. The highest BCUT2D eigenvalue weighted by Crippen LogP contribution is 2.20. The largest absolute Gasteiger partial charge is 0.343 e. The van der Waals surface area contributed by atoms with Gasteiger partial charge in [-0.15, -0.1) is 11.3 Å². The lowest BCUT2D eigenvalue weighted by Crippen LogP contribution is -2.16. The third-order valence-electron chi connectivity index (χ3n) is 2.61. The van der Waals surface area contributed by atoms with Crippen LogP contribution in [-0.2, 0) is 6.54 Å². The predicted octanol–water partition coefficient (Wildman–Crippen LogP) is 2.91. The first kappa shape index (κ1) is 12.1. The number of nitrogens with one attached hydrogen (secondary N) is 1. The van der Waals surface area contributed by atoms with Crippen molar-refractivity contribution in [2.45, 2.75) is 6.54 Å². The molecule has 0 amide bonds. The minimum absolute atomic E-state index is 0.177. The molecule has 0 bridgehead atoms. The van der Waals surface area contributed by atoms with Crippen LogP contribution >= 0.6 is 22.7 Å². The predicted molar refractivity (Wildman–Crippen MR) is 79.5 cm³/mol. The number of aromatic nitrogens is 3. The van der Waals surface area contributed by atoms with E-state index in [0.717, 1.165) is 4.88 Å². The zero-order valence-electron chi connectivity index (χ0n) is 9.95. The lowest BCUT2D eigenvalue weighted by Gasteiger charge is -1.94. The fourth-order valence-corrected chi connectivity index (χ4v) is 3.21. The number of H-pyrrole nitrogens is 1. The van der Waals surface area contributed by atoms with Crippen LogP contribution in [0, 0.1) is 0 Å². The van der Waals surface area contributed by atoms with Crippen LogP contribution in [0.5, 0.6) is 0 Å². The van der Waals surface area contributed by atoms with Gasteiger partial charge in [-0.3, -0.25) is 4.57 Å². The summed E-state index contributed by atoms with van der Waals surface area (Å²) in [6.45, 7) is 0.562. The van der Waals surface area contributed by atoms with Gasteiger partial charge in [0.15, 0.2) is 0 Å². The monoisotopic (exact) mass is 289 g/mol. The maximum atomic E-state index is 11.3. The number of hydrogen-bond donors (Lipinski definition) is 1. The summed E-state index contributed by atoms with van der Waals surface area (Å²) in [5, 5.41) is 10.3. The number of rotatable bonds is 4. The van der Waals surface area contributed by atoms with E-state index in [0.29, 0.717) is 6.54 Å². The molecule has 3 rings (SSSR count). The first-order valence-electron chi connectivity index (χ1n) is 5.70. The van der Waals surface area contributed by atoms with Crippen LogP contribution in [0.2, 0.25) is 0 Å². The molecule has 0 aliphatic carbocycles. The normalized spacial score (nSPS) is 11.4. The molecule has 3 heterocycles. The molecule has 6 heteroatoms. The van der Waals surface area contributed by atoms with Gasteiger partial charge in [0.25, 0.3) is 0 Å². The van der Waals surface area contributed by atoms with Gasteiger partial charge in [0, 0.05) is 9.75 Å². The molecular formula is C13H11N3OS2. The molecule has 3 aromatic rings. The van der Waals surface area contributed by atoms with E-state index >= 15 is 0 Å². The highest BCUT2D eigenvalue weighted by atomic mass is 32.1. The molecule has 0 aromatic carbocycles. The van der Waals surface area contributed by atoms with Gasteiger partial charge in [0.05, 0.1) is 6.54 Å². The van der Waals surface area contributed by atoms with Crippen molar-refractivity contribution in [1.29, 1.82) is 0 Å². The van der Waals surface area contributed by atoms with Crippen LogP contribution < -0.4 is 5.69 Å². The smallest absolute Gasteiger partial charge is 0.276 e. The van der Waals surface area contributed by atoms with Crippen LogP contribution in [0.15, 0.2) is 40.1 Å². The average Bonchev–Trinajstić information content (AvgIpc) is 3.12. The molecule has 0 fully saturated rings. The highest BCUT2D eigenvalue weighted by Gasteiger charge is 2.02. The zero-order valence-corrected chi connectivity index (χ0v) is 11.6. The lowest BCUT2D eigenvalue weighted by atomic mass is 10.3.